The van der Waals surface area contributed by atoms with Crippen LogP contribution >= 0.6 is 0 Å². The molecule has 4 aliphatic rings. The molecule has 3 heteroatoms. The van der Waals surface area contributed by atoms with Crippen molar-refractivity contribution in [3.8, 4) is 0 Å². The van der Waals surface area contributed by atoms with Gasteiger partial charge in [-0.25, -0.2) is 0 Å². The summed E-state index contributed by atoms with van der Waals surface area (Å²) < 4.78 is 0. The zero-order valence-electron chi connectivity index (χ0n) is 17.9. The van der Waals surface area contributed by atoms with E-state index in [4.69, 9.17) is 5.73 Å². The Kier molecular flexibility index (Phi) is 5.44. The Hall–Kier alpha value is -0.120. The Labute approximate surface area is 166 Å². The number of rotatable bonds is 4. The van der Waals surface area contributed by atoms with Crippen molar-refractivity contribution in [1.82, 2.24) is 0 Å². The van der Waals surface area contributed by atoms with E-state index >= 15 is 0 Å². The van der Waals surface area contributed by atoms with Gasteiger partial charge >= 0.3 is 0 Å². The van der Waals surface area contributed by atoms with Crippen LogP contribution in [0.15, 0.2) is 0 Å². The third kappa shape index (κ3) is 3.02. The maximum absolute atomic E-state index is 11.5. The van der Waals surface area contributed by atoms with Crippen molar-refractivity contribution in [2.45, 2.75) is 97.2 Å². The average molecular weight is 378 g/mol. The van der Waals surface area contributed by atoms with E-state index in [2.05, 4.69) is 20.8 Å². The van der Waals surface area contributed by atoms with Gasteiger partial charge in [-0.05, 0) is 117 Å². The average Bonchev–Trinajstić information content (AvgIpc) is 3.00. The standard InChI is InChI=1S/C24H43NO2/c1-15(5-4-12-25)19-8-9-20-18-7-6-16-13-17(26)10-11-23(16,2)21(18)14-22(27)24(19,20)3/h15-22,26-27H,4-14,25H2,1-3H3/t15-,16-,17-,18+,19-,20?,21+,22+,23+,24-/m1/s1. The largest absolute Gasteiger partial charge is 0.393 e. The van der Waals surface area contributed by atoms with Crippen LogP contribution in [0.3, 0.4) is 0 Å². The molecule has 0 aromatic carbocycles. The fourth-order valence-corrected chi connectivity index (χ4v) is 8.80. The number of nitrogens with two attached hydrogens (primary N) is 1. The molecule has 4 N–H and O–H groups in total. The lowest BCUT2D eigenvalue weighted by atomic mass is 9.43. The molecule has 3 nitrogen and oxygen atoms in total. The Bertz CT molecular complexity index is 538. The van der Waals surface area contributed by atoms with Crippen LogP contribution in [0.25, 0.3) is 0 Å². The van der Waals surface area contributed by atoms with Crippen LogP contribution in [0.5, 0.6) is 0 Å². The summed E-state index contributed by atoms with van der Waals surface area (Å²) in [5.74, 6) is 4.15. The Morgan fingerprint density at radius 1 is 1.00 bits per heavy atom. The van der Waals surface area contributed by atoms with Crippen molar-refractivity contribution in [3.63, 3.8) is 0 Å². The number of hydrogen-bond donors (Lipinski definition) is 3. The Balaban J connectivity index is 1.58. The van der Waals surface area contributed by atoms with Gasteiger partial charge in [0.05, 0.1) is 12.2 Å². The van der Waals surface area contributed by atoms with E-state index in [0.29, 0.717) is 35.0 Å². The number of hydrogen-bond acceptors (Lipinski definition) is 3. The fourth-order valence-electron chi connectivity index (χ4n) is 8.80. The van der Waals surface area contributed by atoms with Gasteiger partial charge in [0.25, 0.3) is 0 Å². The monoisotopic (exact) mass is 377 g/mol. The van der Waals surface area contributed by atoms with Crippen molar-refractivity contribution >= 4 is 0 Å². The van der Waals surface area contributed by atoms with Gasteiger partial charge in [0, 0.05) is 0 Å². The molecule has 0 heterocycles. The predicted molar refractivity (Wildman–Crippen MR) is 110 cm³/mol. The Morgan fingerprint density at radius 3 is 2.52 bits per heavy atom. The molecular formula is C24H43NO2. The van der Waals surface area contributed by atoms with E-state index in [0.717, 1.165) is 44.6 Å². The van der Waals surface area contributed by atoms with E-state index in [9.17, 15) is 10.2 Å². The maximum Gasteiger partial charge on any atom is 0.0602 e. The minimum absolute atomic E-state index is 0.0855. The van der Waals surface area contributed by atoms with E-state index in [-0.39, 0.29) is 17.6 Å². The molecule has 0 aromatic rings. The van der Waals surface area contributed by atoms with Crippen LogP contribution in [0, 0.1) is 46.3 Å². The van der Waals surface area contributed by atoms with Crippen molar-refractivity contribution in [1.29, 1.82) is 0 Å². The van der Waals surface area contributed by atoms with Crippen LogP contribution < -0.4 is 5.73 Å². The highest BCUT2D eigenvalue weighted by Gasteiger charge is 2.63. The fraction of sp³-hybridized carbons (Fsp3) is 1.00. The van der Waals surface area contributed by atoms with Gasteiger partial charge in [-0.2, -0.15) is 0 Å². The summed E-state index contributed by atoms with van der Waals surface area (Å²) in [6, 6.07) is 0. The molecule has 4 aliphatic carbocycles. The van der Waals surface area contributed by atoms with Gasteiger partial charge in [-0.1, -0.05) is 20.8 Å². The van der Waals surface area contributed by atoms with Crippen LogP contribution in [-0.2, 0) is 0 Å². The Morgan fingerprint density at radius 2 is 1.78 bits per heavy atom. The lowest BCUT2D eigenvalue weighted by Crippen LogP contribution is -2.58. The highest BCUT2D eigenvalue weighted by Crippen LogP contribution is 2.68. The first-order valence-corrected chi connectivity index (χ1v) is 11.9. The summed E-state index contributed by atoms with van der Waals surface area (Å²) in [7, 11) is 0. The van der Waals surface area contributed by atoms with E-state index < -0.39 is 0 Å². The summed E-state index contributed by atoms with van der Waals surface area (Å²) >= 11 is 0. The smallest absolute Gasteiger partial charge is 0.0602 e. The van der Waals surface area contributed by atoms with Gasteiger partial charge < -0.3 is 15.9 Å². The summed E-state index contributed by atoms with van der Waals surface area (Å²) in [5, 5.41) is 21.7. The van der Waals surface area contributed by atoms with E-state index in [1.807, 2.05) is 0 Å². The van der Waals surface area contributed by atoms with Crippen LogP contribution in [0.2, 0.25) is 0 Å². The first kappa shape index (κ1) is 20.2. The first-order chi connectivity index (χ1) is 12.8. The van der Waals surface area contributed by atoms with Gasteiger partial charge in [-0.3, -0.25) is 0 Å². The topological polar surface area (TPSA) is 66.5 Å². The van der Waals surface area contributed by atoms with E-state index in [1.165, 1.54) is 32.1 Å². The molecule has 0 amide bonds. The first-order valence-electron chi connectivity index (χ1n) is 11.9. The third-order valence-corrected chi connectivity index (χ3v) is 10.4. The summed E-state index contributed by atoms with van der Waals surface area (Å²) in [5.41, 5.74) is 6.22. The zero-order chi connectivity index (χ0) is 19.4. The summed E-state index contributed by atoms with van der Waals surface area (Å²) in [4.78, 5) is 0. The molecular weight excluding hydrogens is 334 g/mol. The normalized spacial score (nSPS) is 53.3. The van der Waals surface area contributed by atoms with E-state index in [1.54, 1.807) is 0 Å². The number of aliphatic hydroxyl groups excluding tert-OH is 2. The highest BCUT2D eigenvalue weighted by molar-refractivity contribution is 5.12. The lowest BCUT2D eigenvalue weighted by Gasteiger charge is -2.62. The summed E-state index contributed by atoms with van der Waals surface area (Å²) in [6.45, 7) is 8.14. The van der Waals surface area contributed by atoms with Crippen molar-refractivity contribution in [3.05, 3.63) is 0 Å². The molecule has 1 unspecified atom stereocenters. The van der Waals surface area contributed by atoms with Crippen molar-refractivity contribution in [2.75, 3.05) is 6.54 Å². The number of aliphatic hydroxyl groups is 2. The van der Waals surface area contributed by atoms with Crippen LogP contribution in [0.4, 0.5) is 0 Å². The predicted octanol–water partition coefficient (Wildman–Crippen LogP) is 4.35. The molecule has 0 bridgehead atoms. The van der Waals surface area contributed by atoms with Crippen molar-refractivity contribution < 1.29 is 10.2 Å². The second-order valence-electron chi connectivity index (χ2n) is 11.3. The van der Waals surface area contributed by atoms with Crippen molar-refractivity contribution in [2.24, 2.45) is 52.1 Å². The molecule has 0 aromatic heterocycles. The maximum atomic E-state index is 11.5. The molecule has 4 fully saturated rings. The molecule has 0 saturated heterocycles. The molecule has 156 valence electrons. The second-order valence-corrected chi connectivity index (χ2v) is 11.3. The zero-order valence-corrected chi connectivity index (χ0v) is 17.9. The lowest BCUT2D eigenvalue weighted by molar-refractivity contribution is -0.174. The molecule has 0 radical (unpaired) electrons. The molecule has 0 aliphatic heterocycles. The molecule has 4 rings (SSSR count). The second kappa shape index (κ2) is 7.29. The third-order valence-electron chi connectivity index (χ3n) is 10.4. The van der Waals surface area contributed by atoms with Gasteiger partial charge in [0.1, 0.15) is 0 Å². The quantitative estimate of drug-likeness (QED) is 0.682. The van der Waals surface area contributed by atoms with Gasteiger partial charge in [0.2, 0.25) is 0 Å². The molecule has 4 saturated carbocycles. The highest BCUT2D eigenvalue weighted by atomic mass is 16.3. The van der Waals surface area contributed by atoms with Gasteiger partial charge in [-0.15, -0.1) is 0 Å². The number of fused-ring (bicyclic) bond motifs is 5. The van der Waals surface area contributed by atoms with Crippen LogP contribution in [0.1, 0.15) is 85.0 Å². The molecule has 0 spiro atoms. The SMILES string of the molecule is C[C@H](CCCN)[C@H]1CCC2[C@@H]3CC[C@@H]4C[C@H](O)CC[C@]4(C)[C@H]3C[C@H](O)[C@@]21C. The summed E-state index contributed by atoms with van der Waals surface area (Å²) in [6.07, 6.45) is 11.4. The minimum Gasteiger partial charge on any atom is -0.393 e. The van der Waals surface area contributed by atoms with Crippen LogP contribution in [-0.4, -0.2) is 29.0 Å². The molecule has 27 heavy (non-hydrogen) atoms. The minimum atomic E-state index is -0.154. The molecule has 10 atom stereocenters. The van der Waals surface area contributed by atoms with Gasteiger partial charge in [0.15, 0.2) is 0 Å².